The van der Waals surface area contributed by atoms with Crippen molar-refractivity contribution in [3.8, 4) is 0 Å². The molecule has 0 aliphatic rings. The molecule has 1 rings (SSSR count). The van der Waals surface area contributed by atoms with Crippen molar-refractivity contribution in [2.45, 2.75) is 13.3 Å². The van der Waals surface area contributed by atoms with Crippen molar-refractivity contribution in [3.05, 3.63) is 31.9 Å². The monoisotopic (exact) mass is 349 g/mol. The van der Waals surface area contributed by atoms with Crippen LogP contribution < -0.4 is 10.6 Å². The third-order valence-corrected chi connectivity index (χ3v) is 2.87. The lowest BCUT2D eigenvalue weighted by molar-refractivity contribution is -0.384. The molecule has 17 heavy (non-hydrogen) atoms. The van der Waals surface area contributed by atoms with Gasteiger partial charge in [0.05, 0.1) is 4.92 Å². The zero-order valence-corrected chi connectivity index (χ0v) is 11.9. The summed E-state index contributed by atoms with van der Waals surface area (Å²) in [4.78, 5) is 10.5. The molecule has 0 saturated heterocycles. The normalized spacial score (nSPS) is 10.2. The second-order valence-corrected chi connectivity index (χ2v) is 4.84. The molecule has 0 fully saturated rings. The van der Waals surface area contributed by atoms with Crippen LogP contribution in [-0.4, -0.2) is 24.6 Å². The summed E-state index contributed by atoms with van der Waals surface area (Å²) < 4.78 is 0.865. The summed E-state index contributed by atoms with van der Waals surface area (Å²) in [5, 5.41) is 17.2. The average molecular weight is 349 g/mol. The van der Waals surface area contributed by atoms with Crippen LogP contribution in [0.25, 0.3) is 0 Å². The molecular weight excluding hydrogens is 333 g/mol. The number of benzene rings is 1. The highest BCUT2D eigenvalue weighted by molar-refractivity contribution is 14.1. The minimum Gasteiger partial charge on any atom is -0.378 e. The number of nitrogens with zero attached hydrogens (tertiary/aromatic N) is 1. The molecule has 0 unspecified atom stereocenters. The van der Waals surface area contributed by atoms with Crippen LogP contribution in [0.1, 0.15) is 13.3 Å². The summed E-state index contributed by atoms with van der Waals surface area (Å²) in [6.45, 7) is 4.55. The van der Waals surface area contributed by atoms with Gasteiger partial charge < -0.3 is 10.6 Å². The van der Waals surface area contributed by atoms with Crippen molar-refractivity contribution in [3.63, 3.8) is 0 Å². The Hall–Kier alpha value is -0.890. The molecule has 0 bridgehead atoms. The van der Waals surface area contributed by atoms with E-state index >= 15 is 0 Å². The first-order valence-electron chi connectivity index (χ1n) is 5.53. The van der Waals surface area contributed by atoms with Crippen LogP contribution in [-0.2, 0) is 0 Å². The van der Waals surface area contributed by atoms with E-state index in [1.165, 1.54) is 0 Å². The molecule has 0 spiro atoms. The molecule has 2 N–H and O–H groups in total. The van der Waals surface area contributed by atoms with Gasteiger partial charge in [0.25, 0.3) is 5.69 Å². The Kier molecular flexibility index (Phi) is 6.20. The van der Waals surface area contributed by atoms with Crippen LogP contribution in [0.5, 0.6) is 0 Å². The van der Waals surface area contributed by atoms with Gasteiger partial charge in [-0.1, -0.05) is 6.92 Å². The van der Waals surface area contributed by atoms with E-state index in [1.54, 1.807) is 12.1 Å². The first kappa shape index (κ1) is 14.2. The van der Waals surface area contributed by atoms with Crippen molar-refractivity contribution in [1.82, 2.24) is 5.32 Å². The predicted molar refractivity (Wildman–Crippen MR) is 77.5 cm³/mol. The minimum atomic E-state index is -0.357. The molecule has 1 aromatic rings. The fourth-order valence-electron chi connectivity index (χ4n) is 1.39. The molecule has 0 radical (unpaired) electrons. The minimum absolute atomic E-state index is 0.132. The number of rotatable bonds is 7. The van der Waals surface area contributed by atoms with Gasteiger partial charge in [-0.05, 0) is 47.7 Å². The lowest BCUT2D eigenvalue weighted by Crippen LogP contribution is -2.22. The Bertz CT molecular complexity index is 385. The van der Waals surface area contributed by atoms with E-state index in [2.05, 4.69) is 40.1 Å². The molecule has 0 amide bonds. The Labute approximate surface area is 114 Å². The number of nitro benzene ring substituents is 1. The highest BCUT2D eigenvalue weighted by atomic mass is 127. The highest BCUT2D eigenvalue weighted by Crippen LogP contribution is 2.25. The van der Waals surface area contributed by atoms with E-state index in [0.717, 1.165) is 23.1 Å². The lowest BCUT2D eigenvalue weighted by atomic mass is 10.2. The summed E-state index contributed by atoms with van der Waals surface area (Å²) in [5.41, 5.74) is 0.709. The molecule has 0 saturated carbocycles. The van der Waals surface area contributed by atoms with Gasteiger partial charge in [-0.3, -0.25) is 10.1 Å². The van der Waals surface area contributed by atoms with Crippen molar-refractivity contribution in [2.75, 3.05) is 25.0 Å². The van der Waals surface area contributed by atoms with Crippen LogP contribution in [0, 0.1) is 13.7 Å². The van der Waals surface area contributed by atoms with E-state index in [9.17, 15) is 10.1 Å². The summed E-state index contributed by atoms with van der Waals surface area (Å²) in [6, 6.07) is 5.18. The zero-order valence-electron chi connectivity index (χ0n) is 9.70. The van der Waals surface area contributed by atoms with Gasteiger partial charge in [0.2, 0.25) is 0 Å². The van der Waals surface area contributed by atoms with Gasteiger partial charge in [0, 0.05) is 22.7 Å². The quantitative estimate of drug-likeness (QED) is 0.344. The van der Waals surface area contributed by atoms with Crippen molar-refractivity contribution in [1.29, 1.82) is 0 Å². The fraction of sp³-hybridized carbons (Fsp3) is 0.455. The summed E-state index contributed by atoms with van der Waals surface area (Å²) in [5.74, 6) is 0. The highest BCUT2D eigenvalue weighted by Gasteiger charge is 2.13. The molecule has 0 heterocycles. The molecule has 0 aromatic heterocycles. The van der Waals surface area contributed by atoms with E-state index in [4.69, 9.17) is 0 Å². The maximum absolute atomic E-state index is 10.9. The maximum atomic E-state index is 10.9. The first-order valence-corrected chi connectivity index (χ1v) is 6.61. The maximum Gasteiger partial charge on any atom is 0.293 e. The number of hydrogen-bond donors (Lipinski definition) is 2. The molecule has 1 aromatic carbocycles. The number of hydrogen-bond acceptors (Lipinski definition) is 4. The van der Waals surface area contributed by atoms with Crippen molar-refractivity contribution in [2.24, 2.45) is 0 Å². The standard InChI is InChI=1S/C11H16IN3O2/c1-2-5-13-6-7-14-10-4-3-9(12)8-11(10)15(16)17/h3-4,8,13-14H,2,5-7H2,1H3. The molecular formula is C11H16IN3O2. The number of nitro groups is 1. The summed E-state index contributed by atoms with van der Waals surface area (Å²) in [7, 11) is 0. The van der Waals surface area contributed by atoms with E-state index in [0.29, 0.717) is 12.2 Å². The fourth-order valence-corrected chi connectivity index (χ4v) is 1.87. The third-order valence-electron chi connectivity index (χ3n) is 2.20. The van der Waals surface area contributed by atoms with Crippen LogP contribution in [0.2, 0.25) is 0 Å². The van der Waals surface area contributed by atoms with Crippen LogP contribution in [0.15, 0.2) is 18.2 Å². The zero-order chi connectivity index (χ0) is 12.7. The largest absolute Gasteiger partial charge is 0.378 e. The molecule has 0 aliphatic heterocycles. The topological polar surface area (TPSA) is 67.2 Å². The lowest BCUT2D eigenvalue weighted by Gasteiger charge is -2.08. The Morgan fingerprint density at radius 1 is 1.35 bits per heavy atom. The first-order chi connectivity index (χ1) is 8.15. The Morgan fingerprint density at radius 2 is 2.12 bits per heavy atom. The molecule has 5 nitrogen and oxygen atoms in total. The second-order valence-electron chi connectivity index (χ2n) is 3.60. The third kappa shape index (κ3) is 4.86. The second kappa shape index (κ2) is 7.44. The number of nitrogens with one attached hydrogen (secondary N) is 2. The van der Waals surface area contributed by atoms with Crippen LogP contribution in [0.3, 0.4) is 0 Å². The van der Waals surface area contributed by atoms with Crippen LogP contribution >= 0.6 is 22.6 Å². The van der Waals surface area contributed by atoms with Gasteiger partial charge in [0.15, 0.2) is 0 Å². The average Bonchev–Trinajstić information content (AvgIpc) is 2.30. The van der Waals surface area contributed by atoms with Crippen molar-refractivity contribution >= 4 is 34.0 Å². The van der Waals surface area contributed by atoms with E-state index < -0.39 is 0 Å². The molecule has 94 valence electrons. The van der Waals surface area contributed by atoms with Gasteiger partial charge in [-0.2, -0.15) is 0 Å². The number of anilines is 1. The van der Waals surface area contributed by atoms with E-state index in [1.807, 2.05) is 6.07 Å². The van der Waals surface area contributed by atoms with Crippen LogP contribution in [0.4, 0.5) is 11.4 Å². The predicted octanol–water partition coefficient (Wildman–Crippen LogP) is 2.61. The number of halogens is 1. The Morgan fingerprint density at radius 3 is 2.76 bits per heavy atom. The van der Waals surface area contributed by atoms with Gasteiger partial charge >= 0.3 is 0 Å². The summed E-state index contributed by atoms with van der Waals surface area (Å²) in [6.07, 6.45) is 1.09. The SMILES string of the molecule is CCCNCCNc1ccc(I)cc1[N+](=O)[O-]. The van der Waals surface area contributed by atoms with Gasteiger partial charge in [-0.15, -0.1) is 0 Å². The molecule has 0 aliphatic carbocycles. The van der Waals surface area contributed by atoms with Crippen molar-refractivity contribution < 1.29 is 4.92 Å². The Balaban J connectivity index is 2.55. The smallest absolute Gasteiger partial charge is 0.293 e. The molecule has 0 atom stereocenters. The van der Waals surface area contributed by atoms with E-state index in [-0.39, 0.29) is 10.6 Å². The van der Waals surface area contributed by atoms with Gasteiger partial charge in [-0.25, -0.2) is 0 Å². The van der Waals surface area contributed by atoms with Gasteiger partial charge in [0.1, 0.15) is 5.69 Å². The summed E-state index contributed by atoms with van der Waals surface area (Å²) >= 11 is 2.07. The molecule has 6 heteroatoms.